The number of hydrogen-bond donors (Lipinski definition) is 2. The number of nitrogens with two attached hydrogens (primary N) is 2. The van der Waals surface area contributed by atoms with Crippen LogP contribution in [0.2, 0.25) is 0 Å². The summed E-state index contributed by atoms with van der Waals surface area (Å²) >= 11 is 2.10. The van der Waals surface area contributed by atoms with Crippen LogP contribution in [0.1, 0.15) is 44.4 Å². The van der Waals surface area contributed by atoms with Crippen molar-refractivity contribution in [1.82, 2.24) is 0 Å². The average Bonchev–Trinajstić information content (AvgIpc) is 2.77. The first-order chi connectivity index (χ1) is 14.7. The maximum Gasteiger partial charge on any atom is 0.0110 e. The number of nitrogen functional groups attached to an aromatic ring is 1. The molecule has 2 radical (unpaired) electrons. The van der Waals surface area contributed by atoms with Crippen LogP contribution in [0.4, 0.5) is 23.2 Å². The summed E-state index contributed by atoms with van der Waals surface area (Å²) in [6, 6.07) is 12.7. The summed E-state index contributed by atoms with van der Waals surface area (Å²) in [6.45, 7) is 12.2. The van der Waals surface area contributed by atoms with Crippen molar-refractivity contribution in [1.29, 1.82) is 0 Å². The van der Waals surface area contributed by atoms with Gasteiger partial charge in [0.2, 0.25) is 0 Å². The second kappa shape index (κ2) is 32.4. The zero-order valence-corrected chi connectivity index (χ0v) is 34.1. The number of benzene rings is 2. The molecule has 0 unspecified atom stereocenters. The molecule has 0 bridgehead atoms. The Morgan fingerprint density at radius 3 is 1.49 bits per heavy atom. The van der Waals surface area contributed by atoms with E-state index in [1.54, 1.807) is 18.2 Å². The van der Waals surface area contributed by atoms with Crippen molar-refractivity contribution in [2.45, 2.75) is 57.9 Å². The number of hydrogen-bond acceptors (Lipinski definition) is 4. The summed E-state index contributed by atoms with van der Waals surface area (Å²) in [5, 5.41) is 0. The van der Waals surface area contributed by atoms with Crippen molar-refractivity contribution in [3.8, 4) is 0 Å². The van der Waals surface area contributed by atoms with E-state index < -0.39 is 12.9 Å². The van der Waals surface area contributed by atoms with E-state index in [0.717, 1.165) is 40.2 Å². The van der Waals surface area contributed by atoms with Crippen LogP contribution in [0.3, 0.4) is 0 Å². The van der Waals surface area contributed by atoms with Gasteiger partial charge in [-0.1, -0.05) is 58.7 Å². The molecular weight excluding hydrogens is 990 g/mol. The molecule has 0 aromatic heterocycles. The third-order valence-corrected chi connectivity index (χ3v) is 5.13. The van der Waals surface area contributed by atoms with Gasteiger partial charge in [-0.15, -0.1) is 27.0 Å². The molecule has 2 aromatic carbocycles. The zero-order chi connectivity index (χ0) is 24.4. The van der Waals surface area contributed by atoms with Gasteiger partial charge in [-0.3, -0.25) is 0 Å². The summed E-state index contributed by atoms with van der Waals surface area (Å²) in [4.78, 5) is 1.36. The van der Waals surface area contributed by atoms with E-state index in [1.165, 1.54) is 0 Å². The molecule has 4 N–H and O–H groups in total. The molecule has 2 rings (SSSR count). The van der Waals surface area contributed by atoms with E-state index >= 15 is 0 Å². The second-order valence-electron chi connectivity index (χ2n) is 5.40. The van der Waals surface area contributed by atoms with Gasteiger partial charge >= 0.3 is 0 Å². The third kappa shape index (κ3) is 26.2. The summed E-state index contributed by atoms with van der Waals surface area (Å²) in [5.41, 5.74) is 14.6. The molecule has 0 fully saturated rings. The minimum Gasteiger partial charge on any atom is -0.420 e. The van der Waals surface area contributed by atoms with Crippen LogP contribution in [0.15, 0.2) is 34.1 Å². The van der Waals surface area contributed by atoms with Gasteiger partial charge in [0.25, 0.3) is 0 Å². The van der Waals surface area contributed by atoms with Crippen molar-refractivity contribution in [3.05, 3.63) is 65.9 Å². The Balaban J connectivity index is -0.0000000956. The maximum absolute atomic E-state index is 11.8. The Bertz CT molecular complexity index is 736. The zero-order valence-electron chi connectivity index (χ0n) is 20.9. The van der Waals surface area contributed by atoms with E-state index in [1.807, 2.05) is 47.6 Å². The van der Waals surface area contributed by atoms with Crippen LogP contribution in [0.25, 0.3) is 0 Å². The molecule has 0 saturated heterocycles. The minimum atomic E-state index is -1.59. The molecule has 2 aromatic rings. The fourth-order valence-electron chi connectivity index (χ4n) is 1.80. The predicted molar refractivity (Wildman–Crippen MR) is 127 cm³/mol. The smallest absolute Gasteiger partial charge is 0.0110 e. The molecule has 196 valence electrons. The summed E-state index contributed by atoms with van der Waals surface area (Å²) in [5.74, 6) is -0.567. The number of aryl methyl sites for hydroxylation is 2. The van der Waals surface area contributed by atoms with Gasteiger partial charge in [0.15, 0.2) is 0 Å². The van der Waals surface area contributed by atoms with Crippen LogP contribution >= 0.6 is 23.5 Å². The van der Waals surface area contributed by atoms with Crippen molar-refractivity contribution in [3.63, 3.8) is 0 Å². The van der Waals surface area contributed by atoms with Gasteiger partial charge < -0.3 is 29.0 Å². The van der Waals surface area contributed by atoms with Crippen molar-refractivity contribution in [2.75, 3.05) is 17.2 Å². The van der Waals surface area contributed by atoms with Gasteiger partial charge in [-0.25, -0.2) is 0 Å². The van der Waals surface area contributed by atoms with Gasteiger partial charge in [0, 0.05) is 120 Å². The topological polar surface area (TPSA) is 52.0 Å². The van der Waals surface area contributed by atoms with Gasteiger partial charge in [-0.2, -0.15) is 59.4 Å². The van der Waals surface area contributed by atoms with Crippen LogP contribution in [-0.2, 0) is 114 Å². The Morgan fingerprint density at radius 1 is 0.771 bits per heavy atom. The molecule has 0 aliphatic rings. The Kier molecular flexibility index (Phi) is 46.4. The molecule has 2 nitrogen and oxygen atoms in total. The Hall–Kier alpha value is 2.20. The minimum absolute atomic E-state index is 0. The fourth-order valence-corrected chi connectivity index (χ4v) is 3.05. The summed E-state index contributed by atoms with van der Waals surface area (Å²) in [6.07, 6.45) is -3.16. The molecule has 0 aliphatic heterocycles. The number of halogens is 4. The fraction of sp³-hybridized carbons (Fsp3) is 0.391. The van der Waals surface area contributed by atoms with Crippen molar-refractivity contribution in [2.24, 2.45) is 5.73 Å². The predicted octanol–water partition coefficient (Wildman–Crippen LogP) is 7.71. The van der Waals surface area contributed by atoms with Crippen LogP contribution < -0.4 is 11.5 Å². The molecule has 0 heterocycles. The monoisotopic (exact) mass is 1020 g/mol. The van der Waals surface area contributed by atoms with Crippen LogP contribution in [-0.4, -0.2) is 11.5 Å². The first kappa shape index (κ1) is 50.1. The van der Waals surface area contributed by atoms with E-state index in [9.17, 15) is 17.6 Å². The van der Waals surface area contributed by atoms with Gasteiger partial charge in [0.1, 0.15) is 0 Å². The molecule has 0 spiro atoms. The molecule has 35 heavy (non-hydrogen) atoms. The first-order valence-corrected chi connectivity index (χ1v) is 11.8. The van der Waals surface area contributed by atoms with Gasteiger partial charge in [-0.05, 0) is 6.54 Å². The van der Waals surface area contributed by atoms with E-state index in [-0.39, 0.29) is 119 Å². The summed E-state index contributed by atoms with van der Waals surface area (Å²) in [7, 11) is 0. The number of rotatable bonds is 7. The van der Waals surface area contributed by atoms with Gasteiger partial charge in [0.05, 0.1) is 0 Å². The molecule has 12 heteroatoms. The Morgan fingerprint density at radius 2 is 1.14 bits per heavy atom. The molecule has 0 aliphatic carbocycles. The number of anilines is 1. The quantitative estimate of drug-likeness (QED) is 0.129. The number of thioether (sulfide) groups is 2. The van der Waals surface area contributed by atoms with E-state index in [0.29, 0.717) is 22.0 Å². The van der Waals surface area contributed by atoms with Crippen molar-refractivity contribution >= 4 is 29.2 Å². The second-order valence-corrected chi connectivity index (χ2v) is 7.43. The molecule has 0 atom stereocenters. The summed E-state index contributed by atoms with van der Waals surface area (Å²) < 4.78 is 47.2. The first-order valence-electron chi connectivity index (χ1n) is 9.81. The van der Waals surface area contributed by atoms with Crippen LogP contribution in [0.5, 0.6) is 0 Å². The normalized spacial score (nSPS) is 8.71. The van der Waals surface area contributed by atoms with E-state index in [4.69, 9.17) is 11.5 Å². The molecular formula is C23H32F4N2S2W2Y2-4. The van der Waals surface area contributed by atoms with E-state index in [2.05, 4.69) is 12.1 Å². The SMILES string of the molecule is CC.CC.Cc1c[c-]c(SC[C-](F)F)cc1CN.Cc1c[c-]c(SC[C-](F)F)cc1N.[W].[W].[Y].[Y]. The van der Waals surface area contributed by atoms with Crippen LogP contribution in [0, 0.1) is 38.8 Å². The molecule has 0 saturated carbocycles. The van der Waals surface area contributed by atoms with Crippen molar-refractivity contribution < 1.29 is 125 Å². The maximum atomic E-state index is 11.8. The largest absolute Gasteiger partial charge is 0.420 e. The third-order valence-electron chi connectivity index (χ3n) is 3.31. The average molecular weight is 1020 g/mol. The molecule has 0 amide bonds. The standard InChI is InChI=1S/C10H11F2NS.C9H9F2NS.2C2H6.2W.2Y/c1-7-2-3-9(4-8(7)5-13)14-6-10(11)12;1-6-2-3-7(4-8(6)12)13-5-9(10)11;2*1-2;;;;/h2,4H,5-6,13H2,1H3;2,4H,5,12H2,1H3;2*1-2H3;;;;/q2*-2;;;;;;. The Labute approximate surface area is 297 Å².